The van der Waals surface area contributed by atoms with Gasteiger partial charge in [-0.25, -0.2) is 4.98 Å². The maximum absolute atomic E-state index is 12.5. The minimum absolute atomic E-state index is 0.0608. The third kappa shape index (κ3) is 3.30. The van der Waals surface area contributed by atoms with Crippen LogP contribution in [0, 0.1) is 11.3 Å². The summed E-state index contributed by atoms with van der Waals surface area (Å²) in [6, 6.07) is 6.95. The maximum Gasteiger partial charge on any atom is 0.417 e. The van der Waals surface area contributed by atoms with Crippen LogP contribution in [-0.2, 0) is 6.18 Å². The standard InChI is InChI=1S/C14H7F3N6O/c15-14(16,17)8-1-3-10(19-6-8)11-7-20-13(24-11)21-12-4-2-9(5-18)22-23-12/h1-4,6-7H,(H,20,21,23). The van der Waals surface area contributed by atoms with Gasteiger partial charge in [-0.15, -0.1) is 10.2 Å². The van der Waals surface area contributed by atoms with Gasteiger partial charge in [-0.1, -0.05) is 0 Å². The molecule has 0 amide bonds. The lowest BCUT2D eigenvalue weighted by Crippen LogP contribution is -2.05. The molecule has 0 fully saturated rings. The van der Waals surface area contributed by atoms with Crippen LogP contribution in [0.5, 0.6) is 0 Å². The van der Waals surface area contributed by atoms with Gasteiger partial charge in [-0.3, -0.25) is 10.3 Å². The van der Waals surface area contributed by atoms with Crippen LogP contribution < -0.4 is 5.32 Å². The third-order valence-corrected chi connectivity index (χ3v) is 2.86. The molecule has 0 atom stereocenters. The van der Waals surface area contributed by atoms with Crippen molar-refractivity contribution in [2.24, 2.45) is 0 Å². The van der Waals surface area contributed by atoms with Gasteiger partial charge >= 0.3 is 12.2 Å². The zero-order valence-corrected chi connectivity index (χ0v) is 11.7. The number of nitriles is 1. The number of rotatable bonds is 3. The van der Waals surface area contributed by atoms with Crippen LogP contribution >= 0.6 is 0 Å². The Hall–Kier alpha value is -3.48. The SMILES string of the molecule is N#Cc1ccc(Nc2ncc(-c3ccc(C(F)(F)F)cn3)o2)nn1. The van der Waals surface area contributed by atoms with E-state index >= 15 is 0 Å². The van der Waals surface area contributed by atoms with E-state index in [1.54, 1.807) is 0 Å². The monoisotopic (exact) mass is 332 g/mol. The molecule has 0 spiro atoms. The van der Waals surface area contributed by atoms with Gasteiger partial charge in [-0.2, -0.15) is 18.4 Å². The third-order valence-electron chi connectivity index (χ3n) is 2.86. The van der Waals surface area contributed by atoms with Crippen LogP contribution in [0.25, 0.3) is 11.5 Å². The zero-order valence-electron chi connectivity index (χ0n) is 11.7. The topological polar surface area (TPSA) is 101 Å². The van der Waals surface area contributed by atoms with Gasteiger partial charge in [-0.05, 0) is 24.3 Å². The highest BCUT2D eigenvalue weighted by Crippen LogP contribution is 2.30. The lowest BCUT2D eigenvalue weighted by atomic mass is 10.2. The number of nitrogens with zero attached hydrogens (tertiary/aromatic N) is 5. The fourth-order valence-electron chi connectivity index (χ4n) is 1.73. The summed E-state index contributed by atoms with van der Waals surface area (Å²) in [6.07, 6.45) is -2.42. The molecule has 3 aromatic heterocycles. The van der Waals surface area contributed by atoms with E-state index in [1.165, 1.54) is 24.4 Å². The van der Waals surface area contributed by atoms with Gasteiger partial charge in [0.1, 0.15) is 11.8 Å². The average molecular weight is 332 g/mol. The molecule has 0 aliphatic heterocycles. The van der Waals surface area contributed by atoms with E-state index in [1.807, 2.05) is 6.07 Å². The summed E-state index contributed by atoms with van der Waals surface area (Å²) in [4.78, 5) is 7.64. The highest BCUT2D eigenvalue weighted by molar-refractivity contribution is 5.54. The fourth-order valence-corrected chi connectivity index (χ4v) is 1.73. The molecule has 3 rings (SSSR count). The number of oxazole rings is 1. The molecule has 120 valence electrons. The lowest BCUT2D eigenvalue weighted by Gasteiger charge is -2.05. The predicted octanol–water partition coefficient (Wildman–Crippen LogP) is 3.16. The van der Waals surface area contributed by atoms with E-state index < -0.39 is 11.7 Å². The molecular weight excluding hydrogens is 325 g/mol. The number of alkyl halides is 3. The number of hydrogen-bond donors (Lipinski definition) is 1. The molecule has 24 heavy (non-hydrogen) atoms. The van der Waals surface area contributed by atoms with Crippen molar-refractivity contribution in [3.63, 3.8) is 0 Å². The molecule has 1 N–H and O–H groups in total. The molecule has 0 aliphatic carbocycles. The average Bonchev–Trinajstić information content (AvgIpc) is 3.03. The Morgan fingerprint density at radius 3 is 2.46 bits per heavy atom. The van der Waals surface area contributed by atoms with E-state index in [-0.39, 0.29) is 23.2 Å². The van der Waals surface area contributed by atoms with Crippen LogP contribution in [-0.4, -0.2) is 20.2 Å². The van der Waals surface area contributed by atoms with Gasteiger partial charge in [0, 0.05) is 6.20 Å². The molecule has 0 aromatic carbocycles. The first kappa shape index (κ1) is 15.4. The normalized spacial score (nSPS) is 11.1. The van der Waals surface area contributed by atoms with Crippen molar-refractivity contribution in [1.29, 1.82) is 5.26 Å². The van der Waals surface area contributed by atoms with E-state index in [0.717, 1.165) is 12.3 Å². The van der Waals surface area contributed by atoms with Crippen molar-refractivity contribution < 1.29 is 17.6 Å². The van der Waals surface area contributed by atoms with Gasteiger partial charge in [0.2, 0.25) is 0 Å². The molecule has 0 bridgehead atoms. The Balaban J connectivity index is 1.76. The van der Waals surface area contributed by atoms with Crippen molar-refractivity contribution >= 4 is 11.8 Å². The first-order chi connectivity index (χ1) is 11.5. The van der Waals surface area contributed by atoms with Gasteiger partial charge in [0.05, 0.1) is 11.8 Å². The highest BCUT2D eigenvalue weighted by Gasteiger charge is 2.30. The second-order valence-electron chi connectivity index (χ2n) is 4.50. The minimum atomic E-state index is -4.45. The Bertz CT molecular complexity index is 881. The number of anilines is 2. The number of pyridine rings is 1. The van der Waals surface area contributed by atoms with Crippen LogP contribution in [0.1, 0.15) is 11.3 Å². The number of hydrogen-bond acceptors (Lipinski definition) is 7. The van der Waals surface area contributed by atoms with Crippen molar-refractivity contribution in [2.45, 2.75) is 6.18 Å². The van der Waals surface area contributed by atoms with Crippen molar-refractivity contribution in [2.75, 3.05) is 5.32 Å². The summed E-state index contributed by atoms with van der Waals surface area (Å²) in [7, 11) is 0. The number of aromatic nitrogens is 4. The molecule has 0 unspecified atom stereocenters. The quantitative estimate of drug-likeness (QED) is 0.786. The molecule has 10 heteroatoms. The van der Waals surface area contributed by atoms with Crippen molar-refractivity contribution in [1.82, 2.24) is 20.2 Å². The van der Waals surface area contributed by atoms with E-state index in [9.17, 15) is 13.2 Å². The van der Waals surface area contributed by atoms with E-state index in [4.69, 9.17) is 9.68 Å². The number of nitrogens with one attached hydrogen (secondary N) is 1. The Morgan fingerprint density at radius 1 is 1.04 bits per heavy atom. The minimum Gasteiger partial charge on any atom is -0.422 e. The fraction of sp³-hybridized carbons (Fsp3) is 0.0714. The summed E-state index contributed by atoms with van der Waals surface area (Å²) in [5.74, 6) is 0.482. The Kier molecular flexibility index (Phi) is 3.83. The van der Waals surface area contributed by atoms with Crippen LogP contribution in [0.2, 0.25) is 0 Å². The van der Waals surface area contributed by atoms with Crippen LogP contribution in [0.15, 0.2) is 41.1 Å². The second-order valence-corrected chi connectivity index (χ2v) is 4.50. The molecule has 0 aliphatic rings. The first-order valence-corrected chi connectivity index (χ1v) is 6.46. The summed E-state index contributed by atoms with van der Waals surface area (Å²) in [5.41, 5.74) is -0.492. The van der Waals surface area contributed by atoms with Gasteiger partial charge in [0.25, 0.3) is 0 Å². The predicted molar refractivity (Wildman–Crippen MR) is 74.8 cm³/mol. The summed E-state index contributed by atoms with van der Waals surface area (Å²) in [6.45, 7) is 0. The smallest absolute Gasteiger partial charge is 0.417 e. The molecule has 3 heterocycles. The van der Waals surface area contributed by atoms with E-state index in [2.05, 4.69) is 25.5 Å². The summed E-state index contributed by atoms with van der Waals surface area (Å²) < 4.78 is 42.9. The van der Waals surface area contributed by atoms with Crippen LogP contribution in [0.3, 0.4) is 0 Å². The molecule has 0 radical (unpaired) electrons. The Labute approximate surface area is 132 Å². The number of halogens is 3. The first-order valence-electron chi connectivity index (χ1n) is 6.46. The molecular formula is C14H7F3N6O. The van der Waals surface area contributed by atoms with Crippen molar-refractivity contribution in [3.05, 3.63) is 47.9 Å². The van der Waals surface area contributed by atoms with Crippen molar-refractivity contribution in [3.8, 4) is 17.5 Å². The molecule has 3 aromatic rings. The summed E-state index contributed by atoms with van der Waals surface area (Å²) in [5, 5.41) is 18.7. The maximum atomic E-state index is 12.5. The largest absolute Gasteiger partial charge is 0.422 e. The van der Waals surface area contributed by atoms with Gasteiger partial charge < -0.3 is 4.42 Å². The zero-order chi connectivity index (χ0) is 17.2. The molecule has 0 saturated carbocycles. The molecule has 7 nitrogen and oxygen atoms in total. The highest BCUT2D eigenvalue weighted by atomic mass is 19.4. The molecule has 0 saturated heterocycles. The van der Waals surface area contributed by atoms with E-state index in [0.29, 0.717) is 5.82 Å². The lowest BCUT2D eigenvalue weighted by molar-refractivity contribution is -0.137. The summed E-state index contributed by atoms with van der Waals surface area (Å²) >= 11 is 0. The van der Waals surface area contributed by atoms with Crippen LogP contribution in [0.4, 0.5) is 25.0 Å². The van der Waals surface area contributed by atoms with Gasteiger partial charge in [0.15, 0.2) is 17.3 Å². The second kappa shape index (κ2) is 5.96. The Morgan fingerprint density at radius 2 is 1.88 bits per heavy atom.